The average Bonchev–Trinajstić information content (AvgIpc) is 2.97. The second kappa shape index (κ2) is 9.68. The molecule has 0 spiro atoms. The molecule has 0 aliphatic carbocycles. The molecule has 0 saturated heterocycles. The minimum absolute atomic E-state index is 0.0310. The smallest absolute Gasteiger partial charge is 0.437 e. The first-order valence-corrected chi connectivity index (χ1v) is 8.51. The molecule has 0 fully saturated rings. The third-order valence-corrected chi connectivity index (χ3v) is 3.75. The lowest BCUT2D eigenvalue weighted by molar-refractivity contribution is 0.0640. The van der Waals surface area contributed by atoms with Gasteiger partial charge >= 0.3 is 25.2 Å². The van der Waals surface area contributed by atoms with Crippen molar-refractivity contribution in [3.63, 3.8) is 0 Å². The van der Waals surface area contributed by atoms with Crippen molar-refractivity contribution < 1.29 is 35.2 Å². The lowest BCUT2D eigenvalue weighted by Crippen LogP contribution is -2.25. The molecule has 0 radical (unpaired) electrons. The lowest BCUT2D eigenvalue weighted by atomic mass is 10.3. The fourth-order valence-electron chi connectivity index (χ4n) is 2.22. The van der Waals surface area contributed by atoms with Crippen LogP contribution in [0.4, 0.5) is 36.1 Å². The molecule has 2 aromatic heterocycles. The summed E-state index contributed by atoms with van der Waals surface area (Å²) in [7, 11) is -6.00. The van der Waals surface area contributed by atoms with E-state index in [0.29, 0.717) is 4.68 Å². The molecule has 0 aliphatic rings. The fraction of sp³-hybridized carbons (Fsp3) is 0.133. The van der Waals surface area contributed by atoms with Gasteiger partial charge in [-0.2, -0.15) is 13.5 Å². The van der Waals surface area contributed by atoms with Crippen LogP contribution in [0.25, 0.3) is 10.7 Å². The van der Waals surface area contributed by atoms with Gasteiger partial charge in [-0.15, -0.1) is 5.10 Å². The van der Waals surface area contributed by atoms with Crippen LogP contribution in [0, 0.1) is 18.1 Å². The summed E-state index contributed by atoms with van der Waals surface area (Å²) in [6.45, 7) is -1.94. The molecule has 32 heavy (non-hydrogen) atoms. The number of ether oxygens (including phenoxy) is 1. The zero-order valence-corrected chi connectivity index (χ0v) is 16.3. The van der Waals surface area contributed by atoms with Crippen molar-refractivity contribution in [2.45, 2.75) is 13.5 Å². The molecule has 3 rings (SSSR count). The highest BCUT2D eigenvalue weighted by Crippen LogP contribution is 2.32. The Morgan fingerprint density at radius 3 is 2.31 bits per heavy atom. The monoisotopic (exact) mass is 484 g/mol. The topological polar surface area (TPSA) is 90.1 Å². The fourth-order valence-corrected chi connectivity index (χ4v) is 2.41. The Morgan fingerprint density at radius 2 is 1.84 bits per heavy atom. The minimum Gasteiger partial charge on any atom is -0.437 e. The van der Waals surface area contributed by atoms with Gasteiger partial charge in [-0.1, -0.05) is 11.6 Å². The summed E-state index contributed by atoms with van der Waals surface area (Å²) in [6.07, 6.45) is 1.20. The summed E-state index contributed by atoms with van der Waals surface area (Å²) < 4.78 is 85.2. The number of aromatic nitrogens is 4. The van der Waals surface area contributed by atoms with Gasteiger partial charge in [0.1, 0.15) is 23.5 Å². The van der Waals surface area contributed by atoms with Gasteiger partial charge < -0.3 is 22.0 Å². The molecular weight excluding hydrogens is 475 g/mol. The first-order chi connectivity index (χ1) is 14.8. The van der Waals surface area contributed by atoms with Crippen molar-refractivity contribution in [1.82, 2.24) is 19.3 Å². The van der Waals surface area contributed by atoms with Gasteiger partial charge in [0.2, 0.25) is 11.3 Å². The van der Waals surface area contributed by atoms with Crippen LogP contribution in [-0.2, 0) is 0 Å². The summed E-state index contributed by atoms with van der Waals surface area (Å²) in [5.74, 6) is -1.32. The van der Waals surface area contributed by atoms with Crippen LogP contribution < -0.4 is 10.4 Å². The lowest BCUT2D eigenvalue weighted by Gasteiger charge is -2.09. The molecule has 0 bridgehead atoms. The van der Waals surface area contributed by atoms with Gasteiger partial charge in [0, 0.05) is 18.2 Å². The van der Waals surface area contributed by atoms with Crippen molar-refractivity contribution in [1.29, 1.82) is 5.39 Å². The predicted molar refractivity (Wildman–Crippen MR) is 98.0 cm³/mol. The van der Waals surface area contributed by atoms with Crippen LogP contribution in [0.2, 0.25) is 5.02 Å². The Labute approximate surface area is 178 Å². The first-order valence-electron chi connectivity index (χ1n) is 8.14. The molecule has 0 aliphatic heterocycles. The number of hydrogen-bond donors (Lipinski definition) is 0. The molecule has 1 aromatic carbocycles. The second-order valence-corrected chi connectivity index (χ2v) is 6.08. The number of halogens is 8. The van der Waals surface area contributed by atoms with Crippen LogP contribution in [-0.4, -0.2) is 26.6 Å². The van der Waals surface area contributed by atoms with Gasteiger partial charge in [-0.05, 0) is 13.0 Å². The zero-order valence-electron chi connectivity index (χ0n) is 15.6. The summed E-state index contributed by atoms with van der Waals surface area (Å²) in [5, 5.41) is 12.1. The van der Waals surface area contributed by atoms with E-state index in [9.17, 15) is 35.2 Å². The van der Waals surface area contributed by atoms with E-state index in [2.05, 4.69) is 15.1 Å². The summed E-state index contributed by atoms with van der Waals surface area (Å²) in [6, 6.07) is 4.63. The maximum absolute atomic E-state index is 14.3. The van der Waals surface area contributed by atoms with E-state index < -0.39 is 31.0 Å². The van der Waals surface area contributed by atoms with Crippen LogP contribution in [0.3, 0.4) is 0 Å². The highest BCUT2D eigenvalue weighted by Gasteiger charge is 2.22. The molecule has 3 aromatic rings. The number of rotatable bonds is 4. The number of hydrogen-bond acceptors (Lipinski definition) is 5. The molecule has 0 amide bonds. The molecule has 0 saturated carbocycles. The van der Waals surface area contributed by atoms with Gasteiger partial charge in [-0.25, -0.2) is 18.7 Å². The SMILES string of the molecule is Cc1nn(-c2cc(Oc3ccc([N+]#N)cn3)c(Cl)cc2F)c(=O)n1C(F)F.F[B-](F)(F)F. The predicted octanol–water partition coefficient (Wildman–Crippen LogP) is 5.50. The van der Waals surface area contributed by atoms with Crippen molar-refractivity contribution in [3.05, 3.63) is 62.6 Å². The van der Waals surface area contributed by atoms with E-state index in [1.807, 2.05) is 0 Å². The molecule has 17 heteroatoms. The molecule has 8 nitrogen and oxygen atoms in total. The van der Waals surface area contributed by atoms with E-state index in [0.717, 1.165) is 12.1 Å². The van der Waals surface area contributed by atoms with E-state index in [-0.39, 0.29) is 32.7 Å². The minimum atomic E-state index is -6.00. The number of benzene rings is 1. The van der Waals surface area contributed by atoms with E-state index in [4.69, 9.17) is 21.7 Å². The maximum Gasteiger partial charge on any atom is 0.673 e. The first kappa shape index (κ1) is 24.7. The van der Waals surface area contributed by atoms with Gasteiger partial charge in [0.25, 0.3) is 0 Å². The normalized spacial score (nSPS) is 11.0. The van der Waals surface area contributed by atoms with Gasteiger partial charge in [0.15, 0.2) is 10.8 Å². The quantitative estimate of drug-likeness (QED) is 0.277. The molecule has 170 valence electrons. The van der Waals surface area contributed by atoms with Crippen LogP contribution in [0.1, 0.15) is 12.4 Å². The van der Waals surface area contributed by atoms with E-state index in [1.54, 1.807) is 0 Å². The third-order valence-electron chi connectivity index (χ3n) is 3.46. The molecule has 0 unspecified atom stereocenters. The largest absolute Gasteiger partial charge is 0.673 e. The van der Waals surface area contributed by atoms with Crippen LogP contribution in [0.15, 0.2) is 35.3 Å². The van der Waals surface area contributed by atoms with E-state index >= 15 is 0 Å². The molecule has 0 atom stereocenters. The Morgan fingerprint density at radius 1 is 1.22 bits per heavy atom. The Hall–Kier alpha value is -3.61. The van der Waals surface area contributed by atoms with Crippen LogP contribution in [0.5, 0.6) is 11.6 Å². The van der Waals surface area contributed by atoms with Crippen molar-refractivity contribution >= 4 is 24.5 Å². The molecular formula is C15H9BClF7N6O2. The van der Waals surface area contributed by atoms with E-state index in [1.165, 1.54) is 25.3 Å². The Kier molecular flexibility index (Phi) is 7.46. The third kappa shape index (κ3) is 6.20. The summed E-state index contributed by atoms with van der Waals surface area (Å²) in [4.78, 5) is 18.9. The Balaban J connectivity index is 0.000000654. The number of diazo groups is 1. The van der Waals surface area contributed by atoms with Crippen molar-refractivity contribution in [3.8, 4) is 17.3 Å². The highest BCUT2D eigenvalue weighted by molar-refractivity contribution is 6.50. The second-order valence-electron chi connectivity index (χ2n) is 5.67. The van der Waals surface area contributed by atoms with Crippen molar-refractivity contribution in [2.75, 3.05) is 0 Å². The number of pyridine rings is 1. The number of alkyl halides is 2. The number of aryl methyl sites for hydroxylation is 1. The average molecular weight is 485 g/mol. The summed E-state index contributed by atoms with van der Waals surface area (Å²) >= 11 is 5.94. The summed E-state index contributed by atoms with van der Waals surface area (Å²) in [5.41, 5.74) is -1.47. The Bertz CT molecular complexity index is 1200. The standard InChI is InChI=1S/C15H9ClF3N6O2.BF4/c1-7-23-25(15(26)24(7)14(18)19)11-5-12(9(16)4-10(11)17)27-13-3-2-8(22-20)6-21-13;2-1(3,4)5/h2-6,14H,1H3;/q+1;-1. The molecule has 0 N–H and O–H groups in total. The molecule has 2 heterocycles. The number of nitrogens with zero attached hydrogens (tertiary/aromatic N) is 6. The van der Waals surface area contributed by atoms with Gasteiger partial charge in [-0.3, -0.25) is 0 Å². The zero-order chi connectivity index (χ0) is 24.2. The van der Waals surface area contributed by atoms with Crippen LogP contribution >= 0.6 is 11.6 Å². The van der Waals surface area contributed by atoms with Gasteiger partial charge in [0.05, 0.1) is 5.02 Å². The maximum atomic E-state index is 14.3. The highest BCUT2D eigenvalue weighted by atomic mass is 35.5. The van der Waals surface area contributed by atoms with Crippen molar-refractivity contribution in [2.24, 2.45) is 0 Å².